The Morgan fingerprint density at radius 2 is 1.79 bits per heavy atom. The molecule has 1 fully saturated rings. The minimum atomic E-state index is -4.25. The molecule has 0 aliphatic carbocycles. The average molecular weight is 272 g/mol. The molecule has 1 N–H and O–H groups in total. The van der Waals surface area contributed by atoms with Crippen LogP contribution < -0.4 is 5.32 Å². The van der Waals surface area contributed by atoms with Crippen LogP contribution >= 0.6 is 0 Å². The molecule has 1 aliphatic heterocycles. The van der Waals surface area contributed by atoms with E-state index in [2.05, 4.69) is 10.2 Å². The van der Waals surface area contributed by atoms with E-state index in [0.29, 0.717) is 6.54 Å². The fraction of sp³-hybridized carbons (Fsp3) is 0.571. The Hall–Kier alpha value is -1.07. The van der Waals surface area contributed by atoms with Crippen molar-refractivity contribution < 1.29 is 13.2 Å². The predicted molar refractivity (Wildman–Crippen MR) is 68.8 cm³/mol. The molecule has 1 aliphatic rings. The molecule has 1 aromatic carbocycles. The highest BCUT2D eigenvalue weighted by atomic mass is 19.4. The molecular formula is C14H19F3N2. The molecule has 0 amide bonds. The second-order valence-corrected chi connectivity index (χ2v) is 4.93. The molecule has 5 heteroatoms. The van der Waals surface area contributed by atoms with Crippen LogP contribution in [0, 0.1) is 0 Å². The third-order valence-corrected chi connectivity index (χ3v) is 3.32. The van der Waals surface area contributed by atoms with E-state index >= 15 is 0 Å². The summed E-state index contributed by atoms with van der Waals surface area (Å²) in [4.78, 5) is 2.23. The summed E-state index contributed by atoms with van der Waals surface area (Å²) >= 11 is 0. The smallest absolute Gasteiger partial charge is 0.317 e. The number of nitrogens with zero attached hydrogens (tertiary/aromatic N) is 1. The molecule has 0 atom stereocenters. The molecule has 1 saturated heterocycles. The predicted octanol–water partition coefficient (Wildman–Crippen LogP) is 2.89. The van der Waals surface area contributed by atoms with Crippen molar-refractivity contribution in [1.29, 1.82) is 0 Å². The van der Waals surface area contributed by atoms with Crippen LogP contribution in [0.5, 0.6) is 0 Å². The summed E-state index contributed by atoms with van der Waals surface area (Å²) in [7, 11) is 0. The number of halogens is 3. The Labute approximate surface area is 111 Å². The lowest BCUT2D eigenvalue weighted by Gasteiger charge is -2.25. The minimum Gasteiger partial charge on any atom is -0.317 e. The summed E-state index contributed by atoms with van der Waals surface area (Å²) in [5, 5.41) is 3.33. The third-order valence-electron chi connectivity index (χ3n) is 3.32. The highest BCUT2D eigenvalue weighted by molar-refractivity contribution is 5.25. The van der Waals surface area contributed by atoms with Crippen LogP contribution in [-0.2, 0) is 12.7 Å². The normalized spacial score (nSPS) is 18.9. The summed E-state index contributed by atoms with van der Waals surface area (Å²) in [6.07, 6.45) is -2.17. The largest absolute Gasteiger partial charge is 0.416 e. The standard InChI is InChI=1S/C14H19F3N2/c15-14(16,17)13-5-1-4-12(10-13)11-19-8-2-6-18-7-3-9-19/h1,4-5,10,18H,2-3,6-9,11H2. The lowest BCUT2D eigenvalue weighted by Crippen LogP contribution is -2.33. The van der Waals surface area contributed by atoms with Crippen LogP contribution in [0.25, 0.3) is 0 Å². The lowest BCUT2D eigenvalue weighted by molar-refractivity contribution is -0.137. The van der Waals surface area contributed by atoms with Gasteiger partial charge in [0.05, 0.1) is 5.56 Å². The Bertz CT molecular complexity index is 396. The first-order chi connectivity index (χ1) is 9.05. The van der Waals surface area contributed by atoms with Crippen molar-refractivity contribution in [2.45, 2.75) is 25.6 Å². The van der Waals surface area contributed by atoms with Crippen LogP contribution in [0.2, 0.25) is 0 Å². The van der Waals surface area contributed by atoms with Gasteiger partial charge in [0.1, 0.15) is 0 Å². The first-order valence-corrected chi connectivity index (χ1v) is 6.65. The summed E-state index contributed by atoms with van der Waals surface area (Å²) in [5.41, 5.74) is 0.182. The Kier molecular flexibility index (Phi) is 4.82. The molecule has 0 bridgehead atoms. The number of hydrogen-bond acceptors (Lipinski definition) is 2. The van der Waals surface area contributed by atoms with Crippen LogP contribution in [-0.4, -0.2) is 31.1 Å². The van der Waals surface area contributed by atoms with Gasteiger partial charge in [-0.1, -0.05) is 18.2 Å². The van der Waals surface area contributed by atoms with Crippen molar-refractivity contribution >= 4 is 0 Å². The van der Waals surface area contributed by atoms with Crippen molar-refractivity contribution in [3.05, 3.63) is 35.4 Å². The molecule has 0 aromatic heterocycles. The van der Waals surface area contributed by atoms with Gasteiger partial charge in [-0.2, -0.15) is 13.2 Å². The minimum absolute atomic E-state index is 0.557. The maximum absolute atomic E-state index is 12.6. The SMILES string of the molecule is FC(F)(F)c1cccc(CN2CCCNCCC2)c1. The fourth-order valence-electron chi connectivity index (χ4n) is 2.35. The fourth-order valence-corrected chi connectivity index (χ4v) is 2.35. The monoisotopic (exact) mass is 272 g/mol. The van der Waals surface area contributed by atoms with Crippen LogP contribution in [0.15, 0.2) is 24.3 Å². The zero-order chi connectivity index (χ0) is 13.7. The third kappa shape index (κ3) is 4.51. The van der Waals surface area contributed by atoms with Gasteiger partial charge in [-0.05, 0) is 50.7 Å². The summed E-state index contributed by atoms with van der Waals surface area (Å²) in [5.74, 6) is 0. The second-order valence-electron chi connectivity index (χ2n) is 4.93. The summed E-state index contributed by atoms with van der Waals surface area (Å²) in [6.45, 7) is 4.44. The zero-order valence-corrected chi connectivity index (χ0v) is 10.8. The van der Waals surface area contributed by atoms with Crippen molar-refractivity contribution in [3.63, 3.8) is 0 Å². The Morgan fingerprint density at radius 3 is 2.42 bits per heavy atom. The van der Waals surface area contributed by atoms with Gasteiger partial charge >= 0.3 is 6.18 Å². The van der Waals surface area contributed by atoms with Gasteiger partial charge in [0.25, 0.3) is 0 Å². The molecule has 106 valence electrons. The van der Waals surface area contributed by atoms with E-state index in [4.69, 9.17) is 0 Å². The molecular weight excluding hydrogens is 253 g/mol. The quantitative estimate of drug-likeness (QED) is 0.890. The Balaban J connectivity index is 2.01. The van der Waals surface area contributed by atoms with Crippen molar-refractivity contribution in [2.75, 3.05) is 26.2 Å². The van der Waals surface area contributed by atoms with Gasteiger partial charge in [0, 0.05) is 6.54 Å². The van der Waals surface area contributed by atoms with Crippen molar-refractivity contribution in [3.8, 4) is 0 Å². The second kappa shape index (κ2) is 6.39. The number of alkyl halides is 3. The maximum Gasteiger partial charge on any atom is 0.416 e. The van der Waals surface area contributed by atoms with Gasteiger partial charge in [0.2, 0.25) is 0 Å². The molecule has 0 spiro atoms. The first-order valence-electron chi connectivity index (χ1n) is 6.65. The average Bonchev–Trinajstić information content (AvgIpc) is 2.32. The number of benzene rings is 1. The van der Waals surface area contributed by atoms with Gasteiger partial charge in [-0.3, -0.25) is 4.90 Å². The van der Waals surface area contributed by atoms with Gasteiger partial charge < -0.3 is 5.32 Å². The van der Waals surface area contributed by atoms with Crippen molar-refractivity contribution in [1.82, 2.24) is 10.2 Å². The van der Waals surface area contributed by atoms with E-state index in [0.717, 1.165) is 50.7 Å². The Morgan fingerprint density at radius 1 is 1.11 bits per heavy atom. The van der Waals surface area contributed by atoms with E-state index in [-0.39, 0.29) is 0 Å². The topological polar surface area (TPSA) is 15.3 Å². The van der Waals surface area contributed by atoms with E-state index in [1.165, 1.54) is 12.1 Å². The molecule has 0 saturated carbocycles. The van der Waals surface area contributed by atoms with Gasteiger partial charge in [0.15, 0.2) is 0 Å². The van der Waals surface area contributed by atoms with E-state index < -0.39 is 11.7 Å². The van der Waals surface area contributed by atoms with Crippen LogP contribution in [0.4, 0.5) is 13.2 Å². The van der Waals surface area contributed by atoms with E-state index in [1.807, 2.05) is 0 Å². The number of rotatable bonds is 2. The molecule has 19 heavy (non-hydrogen) atoms. The molecule has 2 rings (SSSR count). The number of hydrogen-bond donors (Lipinski definition) is 1. The lowest BCUT2D eigenvalue weighted by atomic mass is 10.1. The molecule has 0 radical (unpaired) electrons. The number of nitrogens with one attached hydrogen (secondary N) is 1. The highest BCUT2D eigenvalue weighted by Gasteiger charge is 2.30. The maximum atomic E-state index is 12.6. The summed E-state index contributed by atoms with van der Waals surface area (Å²) in [6, 6.07) is 5.65. The van der Waals surface area contributed by atoms with Crippen molar-refractivity contribution in [2.24, 2.45) is 0 Å². The molecule has 1 aromatic rings. The van der Waals surface area contributed by atoms with E-state index in [1.54, 1.807) is 6.07 Å². The van der Waals surface area contributed by atoms with E-state index in [9.17, 15) is 13.2 Å². The van der Waals surface area contributed by atoms with Crippen LogP contribution in [0.3, 0.4) is 0 Å². The van der Waals surface area contributed by atoms with Crippen LogP contribution in [0.1, 0.15) is 24.0 Å². The first kappa shape index (κ1) is 14.3. The highest BCUT2D eigenvalue weighted by Crippen LogP contribution is 2.29. The summed E-state index contributed by atoms with van der Waals surface area (Å²) < 4.78 is 37.9. The van der Waals surface area contributed by atoms with Gasteiger partial charge in [-0.15, -0.1) is 0 Å². The zero-order valence-electron chi connectivity index (χ0n) is 10.8. The van der Waals surface area contributed by atoms with Gasteiger partial charge in [-0.25, -0.2) is 0 Å². The molecule has 1 heterocycles. The molecule has 0 unspecified atom stereocenters. The molecule has 2 nitrogen and oxygen atoms in total.